The van der Waals surface area contributed by atoms with Crippen LogP contribution in [-0.2, 0) is 0 Å². The Hall–Kier alpha value is -1.97. The third-order valence-electron chi connectivity index (χ3n) is 2.94. The molecule has 0 aliphatic carbocycles. The minimum atomic E-state index is -0.0775. The molecule has 1 aromatic carbocycles. The number of nitrogen functional groups attached to an aromatic ring is 1. The van der Waals surface area contributed by atoms with Gasteiger partial charge in [-0.2, -0.15) is 0 Å². The number of carbonyl (C=O) groups excluding carboxylic acids is 1. The Morgan fingerprint density at radius 1 is 1.44 bits per heavy atom. The highest BCUT2D eigenvalue weighted by Crippen LogP contribution is 2.20. The first-order valence-electron chi connectivity index (χ1n) is 6.23. The molecular formula is C14H19N3O. The highest BCUT2D eigenvalue weighted by molar-refractivity contribution is 6.00. The Balaban J connectivity index is 2.11. The summed E-state index contributed by atoms with van der Waals surface area (Å²) >= 11 is 0. The minimum Gasteiger partial charge on any atom is -0.397 e. The molecule has 96 valence electrons. The van der Waals surface area contributed by atoms with Crippen molar-refractivity contribution in [3.8, 4) is 0 Å². The van der Waals surface area contributed by atoms with Crippen LogP contribution in [0.5, 0.6) is 0 Å². The van der Waals surface area contributed by atoms with Crippen molar-refractivity contribution in [2.75, 3.05) is 12.3 Å². The van der Waals surface area contributed by atoms with Crippen molar-refractivity contribution in [1.29, 1.82) is 0 Å². The number of benzene rings is 1. The number of fused-ring (bicyclic) bond motifs is 1. The molecule has 0 fully saturated rings. The molecule has 4 nitrogen and oxygen atoms in total. The lowest BCUT2D eigenvalue weighted by Gasteiger charge is -2.05. The summed E-state index contributed by atoms with van der Waals surface area (Å²) in [5, 5.41) is 3.86. The molecule has 2 aromatic rings. The average molecular weight is 245 g/mol. The van der Waals surface area contributed by atoms with E-state index < -0.39 is 0 Å². The maximum absolute atomic E-state index is 11.9. The molecule has 0 bridgehead atoms. The predicted octanol–water partition coefficient (Wildman–Crippen LogP) is 2.53. The van der Waals surface area contributed by atoms with E-state index in [-0.39, 0.29) is 5.91 Å². The van der Waals surface area contributed by atoms with Gasteiger partial charge < -0.3 is 16.0 Å². The van der Waals surface area contributed by atoms with Crippen LogP contribution >= 0.6 is 0 Å². The largest absolute Gasteiger partial charge is 0.397 e. The number of H-pyrrole nitrogens is 1. The molecule has 0 aliphatic heterocycles. The molecule has 4 N–H and O–H groups in total. The standard InChI is InChI=1S/C14H19N3O/c1-9(2)6-7-16-14(18)12-8-10-4-3-5-11(15)13(10)17-12/h3-5,8-9,17H,6-7,15H2,1-2H3,(H,16,18). The Kier molecular flexibility index (Phi) is 3.55. The van der Waals surface area contributed by atoms with Crippen LogP contribution in [0.2, 0.25) is 0 Å². The second-order valence-electron chi connectivity index (χ2n) is 4.93. The topological polar surface area (TPSA) is 70.9 Å². The number of hydrogen-bond donors (Lipinski definition) is 3. The highest BCUT2D eigenvalue weighted by Gasteiger charge is 2.10. The van der Waals surface area contributed by atoms with Gasteiger partial charge in [0.05, 0.1) is 11.2 Å². The number of aromatic amines is 1. The number of nitrogens with one attached hydrogen (secondary N) is 2. The maximum Gasteiger partial charge on any atom is 0.267 e. The Bertz CT molecular complexity index is 557. The molecule has 0 saturated heterocycles. The van der Waals surface area contributed by atoms with Crippen molar-refractivity contribution in [3.05, 3.63) is 30.0 Å². The second-order valence-corrected chi connectivity index (χ2v) is 4.93. The molecule has 1 aromatic heterocycles. The molecule has 18 heavy (non-hydrogen) atoms. The van der Waals surface area contributed by atoms with Crippen molar-refractivity contribution >= 4 is 22.5 Å². The van der Waals surface area contributed by atoms with Gasteiger partial charge >= 0.3 is 0 Å². The lowest BCUT2D eigenvalue weighted by Crippen LogP contribution is -2.25. The number of aromatic nitrogens is 1. The lowest BCUT2D eigenvalue weighted by molar-refractivity contribution is 0.0948. The van der Waals surface area contributed by atoms with Crippen LogP contribution < -0.4 is 11.1 Å². The van der Waals surface area contributed by atoms with Crippen LogP contribution in [-0.4, -0.2) is 17.4 Å². The predicted molar refractivity (Wildman–Crippen MR) is 74.5 cm³/mol. The number of amides is 1. The van der Waals surface area contributed by atoms with Gasteiger partial charge in [-0.1, -0.05) is 26.0 Å². The normalized spacial score (nSPS) is 11.1. The van der Waals surface area contributed by atoms with Crippen LogP contribution in [0.4, 0.5) is 5.69 Å². The third kappa shape index (κ3) is 2.64. The minimum absolute atomic E-state index is 0.0775. The van der Waals surface area contributed by atoms with Gasteiger partial charge in [0, 0.05) is 11.9 Å². The van der Waals surface area contributed by atoms with Gasteiger partial charge in [-0.05, 0) is 24.5 Å². The van der Waals surface area contributed by atoms with Crippen molar-refractivity contribution in [3.63, 3.8) is 0 Å². The summed E-state index contributed by atoms with van der Waals surface area (Å²) in [5.41, 5.74) is 7.89. The lowest BCUT2D eigenvalue weighted by atomic mass is 10.1. The monoisotopic (exact) mass is 245 g/mol. The molecule has 0 atom stereocenters. The van der Waals surface area contributed by atoms with E-state index in [0.717, 1.165) is 17.3 Å². The maximum atomic E-state index is 11.9. The van der Waals surface area contributed by atoms with Crippen molar-refractivity contribution in [1.82, 2.24) is 10.3 Å². The number of anilines is 1. The van der Waals surface area contributed by atoms with E-state index in [1.165, 1.54) is 0 Å². The van der Waals surface area contributed by atoms with Crippen LogP contribution in [0.25, 0.3) is 10.9 Å². The zero-order valence-corrected chi connectivity index (χ0v) is 10.8. The van der Waals surface area contributed by atoms with Crippen LogP contribution in [0.3, 0.4) is 0 Å². The highest BCUT2D eigenvalue weighted by atomic mass is 16.1. The fourth-order valence-corrected chi connectivity index (χ4v) is 1.87. The summed E-state index contributed by atoms with van der Waals surface area (Å²) in [7, 11) is 0. The number of nitrogens with two attached hydrogens (primary N) is 1. The zero-order chi connectivity index (χ0) is 13.1. The van der Waals surface area contributed by atoms with Crippen molar-refractivity contribution in [2.45, 2.75) is 20.3 Å². The average Bonchev–Trinajstić information content (AvgIpc) is 2.74. The van der Waals surface area contributed by atoms with Gasteiger partial charge in [0.25, 0.3) is 5.91 Å². The Morgan fingerprint density at radius 3 is 2.89 bits per heavy atom. The quantitative estimate of drug-likeness (QED) is 0.724. The molecule has 0 spiro atoms. The zero-order valence-electron chi connectivity index (χ0n) is 10.8. The van der Waals surface area contributed by atoms with E-state index in [4.69, 9.17) is 5.73 Å². The fourth-order valence-electron chi connectivity index (χ4n) is 1.87. The van der Waals surface area contributed by atoms with Gasteiger partial charge in [-0.15, -0.1) is 0 Å². The second kappa shape index (κ2) is 5.12. The Morgan fingerprint density at radius 2 is 2.22 bits per heavy atom. The number of para-hydroxylation sites is 1. The SMILES string of the molecule is CC(C)CCNC(=O)c1cc2cccc(N)c2[nH]1. The van der Waals surface area contributed by atoms with E-state index in [0.29, 0.717) is 23.8 Å². The van der Waals surface area contributed by atoms with Gasteiger partial charge in [-0.3, -0.25) is 4.79 Å². The summed E-state index contributed by atoms with van der Waals surface area (Å²) in [6, 6.07) is 7.47. The smallest absolute Gasteiger partial charge is 0.267 e. The van der Waals surface area contributed by atoms with Gasteiger partial charge in [-0.25, -0.2) is 0 Å². The third-order valence-corrected chi connectivity index (χ3v) is 2.94. The summed E-state index contributed by atoms with van der Waals surface area (Å²) < 4.78 is 0. The number of rotatable bonds is 4. The molecule has 1 amide bonds. The summed E-state index contributed by atoms with van der Waals surface area (Å²) in [4.78, 5) is 15.0. The fraction of sp³-hybridized carbons (Fsp3) is 0.357. The van der Waals surface area contributed by atoms with Crippen molar-refractivity contribution < 1.29 is 4.79 Å². The molecule has 0 unspecified atom stereocenters. The molecular weight excluding hydrogens is 226 g/mol. The Labute approximate surface area is 107 Å². The molecule has 0 aliphatic rings. The van der Waals surface area contributed by atoms with Gasteiger partial charge in [0.1, 0.15) is 5.69 Å². The summed E-state index contributed by atoms with van der Waals surface area (Å²) in [5.74, 6) is 0.509. The van der Waals surface area contributed by atoms with E-state index in [9.17, 15) is 4.79 Å². The van der Waals surface area contributed by atoms with Crippen LogP contribution in [0, 0.1) is 5.92 Å². The van der Waals surface area contributed by atoms with E-state index in [1.807, 2.05) is 24.3 Å². The van der Waals surface area contributed by atoms with E-state index in [2.05, 4.69) is 24.1 Å². The summed E-state index contributed by atoms with van der Waals surface area (Å²) in [6.07, 6.45) is 0.980. The molecule has 4 heteroatoms. The van der Waals surface area contributed by atoms with Crippen LogP contribution in [0.15, 0.2) is 24.3 Å². The molecule has 2 rings (SSSR count). The van der Waals surface area contributed by atoms with Gasteiger partial charge in [0.15, 0.2) is 0 Å². The first-order chi connectivity index (χ1) is 8.58. The number of carbonyl (C=O) groups is 1. The van der Waals surface area contributed by atoms with Gasteiger partial charge in [0.2, 0.25) is 0 Å². The number of hydrogen-bond acceptors (Lipinski definition) is 2. The van der Waals surface area contributed by atoms with Crippen molar-refractivity contribution in [2.24, 2.45) is 5.92 Å². The molecule has 1 heterocycles. The molecule has 0 radical (unpaired) electrons. The molecule has 0 saturated carbocycles. The summed E-state index contributed by atoms with van der Waals surface area (Å²) in [6.45, 7) is 4.97. The van der Waals surface area contributed by atoms with Crippen LogP contribution in [0.1, 0.15) is 30.8 Å². The first kappa shape index (κ1) is 12.5. The van der Waals surface area contributed by atoms with E-state index in [1.54, 1.807) is 0 Å². The van der Waals surface area contributed by atoms with E-state index >= 15 is 0 Å². The first-order valence-corrected chi connectivity index (χ1v) is 6.23.